The first-order valence-corrected chi connectivity index (χ1v) is 8.38. The fourth-order valence-electron chi connectivity index (χ4n) is 3.62. The highest BCUT2D eigenvalue weighted by Crippen LogP contribution is 2.41. The summed E-state index contributed by atoms with van der Waals surface area (Å²) < 4.78 is 13.2. The second-order valence-electron chi connectivity index (χ2n) is 6.41. The Balaban J connectivity index is 1.79. The normalized spacial score (nSPS) is 16.1. The van der Waals surface area contributed by atoms with Gasteiger partial charge in [0.2, 0.25) is 5.91 Å². The second-order valence-corrected chi connectivity index (χ2v) is 6.41. The maximum absolute atomic E-state index is 13.2. The van der Waals surface area contributed by atoms with Crippen LogP contribution in [0.2, 0.25) is 0 Å². The lowest BCUT2D eigenvalue weighted by molar-refractivity contribution is -0.126. The first-order chi connectivity index (χ1) is 11.7. The van der Waals surface area contributed by atoms with E-state index in [2.05, 4.69) is 5.32 Å². The molecule has 0 unspecified atom stereocenters. The minimum absolute atomic E-state index is 0.0145. The quantitative estimate of drug-likeness (QED) is 0.884. The van der Waals surface area contributed by atoms with Crippen LogP contribution in [0.5, 0.6) is 0 Å². The van der Waals surface area contributed by atoms with Gasteiger partial charge < -0.3 is 10.4 Å². The smallest absolute Gasteiger partial charge is 0.230 e. The molecule has 2 aromatic carbocycles. The van der Waals surface area contributed by atoms with Gasteiger partial charge >= 0.3 is 0 Å². The Hall–Kier alpha value is -2.20. The Kier molecular flexibility index (Phi) is 4.95. The highest BCUT2D eigenvalue weighted by Gasteiger charge is 2.42. The van der Waals surface area contributed by atoms with E-state index in [0.29, 0.717) is 6.54 Å². The summed E-state index contributed by atoms with van der Waals surface area (Å²) in [6.45, 7) is 0.341. The summed E-state index contributed by atoms with van der Waals surface area (Å²) in [7, 11) is 0. The number of hydrogen-bond donors (Lipinski definition) is 2. The molecule has 0 atom stereocenters. The van der Waals surface area contributed by atoms with Gasteiger partial charge in [-0.1, -0.05) is 49.2 Å². The van der Waals surface area contributed by atoms with Gasteiger partial charge in [-0.3, -0.25) is 4.79 Å². The number of benzene rings is 2. The predicted molar refractivity (Wildman–Crippen MR) is 90.8 cm³/mol. The van der Waals surface area contributed by atoms with E-state index in [1.54, 1.807) is 12.1 Å². The van der Waals surface area contributed by atoms with E-state index in [0.717, 1.165) is 42.4 Å². The Morgan fingerprint density at radius 2 is 1.67 bits per heavy atom. The fourth-order valence-corrected chi connectivity index (χ4v) is 3.62. The Morgan fingerprint density at radius 3 is 2.29 bits per heavy atom. The maximum Gasteiger partial charge on any atom is 0.230 e. The second kappa shape index (κ2) is 7.14. The molecule has 126 valence electrons. The number of nitrogens with one attached hydrogen (secondary N) is 1. The Morgan fingerprint density at radius 1 is 1.04 bits per heavy atom. The summed E-state index contributed by atoms with van der Waals surface area (Å²) in [6.07, 6.45) is 3.56. The van der Waals surface area contributed by atoms with Crippen LogP contribution in [0.15, 0.2) is 48.5 Å². The van der Waals surface area contributed by atoms with Crippen LogP contribution in [0.1, 0.15) is 42.4 Å². The number of halogens is 1. The van der Waals surface area contributed by atoms with E-state index in [1.807, 2.05) is 24.3 Å². The van der Waals surface area contributed by atoms with Crippen molar-refractivity contribution in [2.45, 2.75) is 44.2 Å². The molecule has 1 amide bonds. The molecule has 1 fully saturated rings. The third-order valence-corrected chi connectivity index (χ3v) is 5.02. The van der Waals surface area contributed by atoms with Crippen LogP contribution < -0.4 is 5.32 Å². The summed E-state index contributed by atoms with van der Waals surface area (Å²) in [5, 5.41) is 12.4. The van der Waals surface area contributed by atoms with Crippen molar-refractivity contribution in [2.24, 2.45) is 0 Å². The fraction of sp³-hybridized carbons (Fsp3) is 0.350. The van der Waals surface area contributed by atoms with Crippen molar-refractivity contribution in [3.05, 3.63) is 71.0 Å². The third-order valence-electron chi connectivity index (χ3n) is 5.02. The van der Waals surface area contributed by atoms with E-state index in [9.17, 15) is 14.3 Å². The van der Waals surface area contributed by atoms with Crippen molar-refractivity contribution in [1.29, 1.82) is 0 Å². The third kappa shape index (κ3) is 3.20. The molecule has 1 aliphatic rings. The van der Waals surface area contributed by atoms with E-state index in [-0.39, 0.29) is 18.3 Å². The summed E-state index contributed by atoms with van der Waals surface area (Å²) in [5.74, 6) is -0.302. The largest absolute Gasteiger partial charge is 0.392 e. The van der Waals surface area contributed by atoms with Gasteiger partial charge in [0.05, 0.1) is 12.0 Å². The number of rotatable bonds is 5. The molecule has 0 aliphatic heterocycles. The summed E-state index contributed by atoms with van der Waals surface area (Å²) >= 11 is 0. The zero-order valence-electron chi connectivity index (χ0n) is 13.6. The van der Waals surface area contributed by atoms with Crippen LogP contribution in [-0.4, -0.2) is 11.0 Å². The molecule has 24 heavy (non-hydrogen) atoms. The molecule has 0 saturated heterocycles. The number of aliphatic hydroxyl groups is 1. The van der Waals surface area contributed by atoms with Gasteiger partial charge in [-0.05, 0) is 41.7 Å². The minimum atomic E-state index is -0.568. The zero-order valence-corrected chi connectivity index (χ0v) is 13.6. The van der Waals surface area contributed by atoms with Crippen molar-refractivity contribution < 1.29 is 14.3 Å². The molecule has 3 nitrogen and oxygen atoms in total. The summed E-state index contributed by atoms with van der Waals surface area (Å²) in [4.78, 5) is 13.0. The van der Waals surface area contributed by atoms with E-state index < -0.39 is 5.41 Å². The van der Waals surface area contributed by atoms with E-state index in [4.69, 9.17) is 0 Å². The van der Waals surface area contributed by atoms with Crippen LogP contribution in [0, 0.1) is 5.82 Å². The standard InChI is InChI=1S/C20H22FNO2/c21-18-9-7-17(8-10-18)20(11-3-4-12-20)19(24)22-13-15-5-1-2-6-16(15)14-23/h1-2,5-10,23H,3-4,11-14H2,(H,22,24). The van der Waals surface area contributed by atoms with Gasteiger partial charge in [0, 0.05) is 6.54 Å². The Labute approximate surface area is 141 Å². The average molecular weight is 327 g/mol. The number of aliphatic hydroxyl groups excluding tert-OH is 1. The molecule has 0 heterocycles. The molecule has 0 radical (unpaired) electrons. The molecule has 0 bridgehead atoms. The van der Waals surface area contributed by atoms with Crippen LogP contribution in [0.25, 0.3) is 0 Å². The van der Waals surface area contributed by atoms with Crippen LogP contribution >= 0.6 is 0 Å². The topological polar surface area (TPSA) is 49.3 Å². The molecule has 0 spiro atoms. The van der Waals surface area contributed by atoms with Crippen LogP contribution in [0.3, 0.4) is 0 Å². The zero-order chi connectivity index (χ0) is 17.0. The van der Waals surface area contributed by atoms with Gasteiger partial charge in [0.25, 0.3) is 0 Å². The average Bonchev–Trinajstić information content (AvgIpc) is 3.11. The first kappa shape index (κ1) is 16.7. The minimum Gasteiger partial charge on any atom is -0.392 e. The van der Waals surface area contributed by atoms with Gasteiger partial charge in [-0.2, -0.15) is 0 Å². The predicted octanol–water partition coefficient (Wildman–Crippen LogP) is 3.45. The lowest BCUT2D eigenvalue weighted by atomic mass is 9.78. The molecule has 4 heteroatoms. The molecule has 2 N–H and O–H groups in total. The molecule has 1 aliphatic carbocycles. The lowest BCUT2D eigenvalue weighted by Gasteiger charge is -2.28. The van der Waals surface area contributed by atoms with Crippen molar-refractivity contribution >= 4 is 5.91 Å². The number of amides is 1. The van der Waals surface area contributed by atoms with Crippen LogP contribution in [-0.2, 0) is 23.4 Å². The van der Waals surface area contributed by atoms with E-state index >= 15 is 0 Å². The summed E-state index contributed by atoms with van der Waals surface area (Å²) in [6, 6.07) is 13.8. The SMILES string of the molecule is O=C(NCc1ccccc1CO)C1(c2ccc(F)cc2)CCCC1. The van der Waals surface area contributed by atoms with Crippen molar-refractivity contribution in [3.8, 4) is 0 Å². The molecule has 0 aromatic heterocycles. The van der Waals surface area contributed by atoms with Crippen molar-refractivity contribution in [2.75, 3.05) is 0 Å². The molecule has 1 saturated carbocycles. The van der Waals surface area contributed by atoms with Gasteiger partial charge in [0.15, 0.2) is 0 Å². The summed E-state index contributed by atoms with van der Waals surface area (Å²) in [5.41, 5.74) is 2.05. The highest BCUT2D eigenvalue weighted by molar-refractivity contribution is 5.88. The molecular formula is C20H22FNO2. The van der Waals surface area contributed by atoms with Gasteiger partial charge in [0.1, 0.15) is 5.82 Å². The first-order valence-electron chi connectivity index (χ1n) is 8.38. The molecular weight excluding hydrogens is 305 g/mol. The number of hydrogen-bond acceptors (Lipinski definition) is 2. The monoisotopic (exact) mass is 327 g/mol. The lowest BCUT2D eigenvalue weighted by Crippen LogP contribution is -2.42. The maximum atomic E-state index is 13.2. The molecule has 3 rings (SSSR count). The number of carbonyl (C=O) groups is 1. The van der Waals surface area contributed by atoms with Crippen LogP contribution in [0.4, 0.5) is 4.39 Å². The Bertz CT molecular complexity index is 706. The van der Waals surface area contributed by atoms with Gasteiger partial charge in [-0.15, -0.1) is 0 Å². The van der Waals surface area contributed by atoms with E-state index in [1.165, 1.54) is 12.1 Å². The highest BCUT2D eigenvalue weighted by atomic mass is 19.1. The van der Waals surface area contributed by atoms with Crippen molar-refractivity contribution in [3.63, 3.8) is 0 Å². The molecule has 2 aromatic rings. The van der Waals surface area contributed by atoms with Crippen molar-refractivity contribution in [1.82, 2.24) is 5.32 Å². The van der Waals surface area contributed by atoms with Gasteiger partial charge in [-0.25, -0.2) is 4.39 Å². The number of carbonyl (C=O) groups excluding carboxylic acids is 1.